The van der Waals surface area contributed by atoms with Crippen LogP contribution in [0.15, 0.2) is 88.7 Å². The van der Waals surface area contributed by atoms with Crippen molar-refractivity contribution >= 4 is 21.6 Å². The lowest BCUT2D eigenvalue weighted by molar-refractivity contribution is -0.128. The Labute approximate surface area is 216 Å². The molecule has 2 aromatic carbocycles. The third-order valence-corrected chi connectivity index (χ3v) is 7.88. The number of carbonyl (C=O) groups excluding carboxylic acids is 1. The quantitative estimate of drug-likeness (QED) is 0.366. The number of nitrogens with zero attached hydrogens (tertiary/aromatic N) is 4. The van der Waals surface area contributed by atoms with E-state index in [1.54, 1.807) is 45.3 Å². The standard InChI is InChI=1S/C27H29N5O4S/c1-4-31(21-13-9-6-10-14-21)37(35,36)22-15-16-25(28-19-22)32-27(34)23(17-20-11-7-5-8-12-20)24(29-32)18-26(33)30(2)3/h5-16,19,29H,4,17-18H2,1-3H3. The number of sulfonamides is 1. The summed E-state index contributed by atoms with van der Waals surface area (Å²) < 4.78 is 29.1. The van der Waals surface area contributed by atoms with Crippen molar-refractivity contribution in [1.82, 2.24) is 19.7 Å². The highest BCUT2D eigenvalue weighted by Gasteiger charge is 2.25. The monoisotopic (exact) mass is 519 g/mol. The van der Waals surface area contributed by atoms with Crippen LogP contribution < -0.4 is 9.86 Å². The number of rotatable bonds is 9. The lowest BCUT2D eigenvalue weighted by Crippen LogP contribution is -2.30. The molecule has 0 saturated heterocycles. The third kappa shape index (κ3) is 5.49. The molecule has 0 aliphatic rings. The Hall–Kier alpha value is -4.18. The highest BCUT2D eigenvalue weighted by Crippen LogP contribution is 2.23. The molecule has 0 fully saturated rings. The predicted molar refractivity (Wildman–Crippen MR) is 142 cm³/mol. The van der Waals surface area contributed by atoms with Gasteiger partial charge in [-0.05, 0) is 36.8 Å². The van der Waals surface area contributed by atoms with Crippen molar-refractivity contribution in [3.05, 3.63) is 106 Å². The van der Waals surface area contributed by atoms with Crippen LogP contribution in [0.5, 0.6) is 0 Å². The molecule has 9 nitrogen and oxygen atoms in total. The molecule has 0 radical (unpaired) electrons. The molecule has 0 unspecified atom stereocenters. The number of hydrogen-bond acceptors (Lipinski definition) is 5. The van der Waals surface area contributed by atoms with Gasteiger partial charge in [0, 0.05) is 38.8 Å². The molecular weight excluding hydrogens is 490 g/mol. The smallest absolute Gasteiger partial charge is 0.276 e. The summed E-state index contributed by atoms with van der Waals surface area (Å²) in [4.78, 5) is 31.6. The Bertz CT molecular complexity index is 1530. The maximum Gasteiger partial charge on any atom is 0.276 e. The summed E-state index contributed by atoms with van der Waals surface area (Å²) in [6.45, 7) is 2.01. The van der Waals surface area contributed by atoms with E-state index < -0.39 is 10.0 Å². The highest BCUT2D eigenvalue weighted by molar-refractivity contribution is 7.92. The van der Waals surface area contributed by atoms with Gasteiger partial charge in [-0.2, -0.15) is 0 Å². The first-order valence-electron chi connectivity index (χ1n) is 11.8. The van der Waals surface area contributed by atoms with Gasteiger partial charge in [-0.1, -0.05) is 48.5 Å². The lowest BCUT2D eigenvalue weighted by Gasteiger charge is -2.22. The van der Waals surface area contributed by atoms with Crippen molar-refractivity contribution in [3.63, 3.8) is 0 Å². The Balaban J connectivity index is 1.70. The Kier molecular flexibility index (Phi) is 7.58. The van der Waals surface area contributed by atoms with Gasteiger partial charge in [0.1, 0.15) is 4.90 Å². The minimum atomic E-state index is -3.86. The number of benzene rings is 2. The summed E-state index contributed by atoms with van der Waals surface area (Å²) in [7, 11) is -0.546. The van der Waals surface area contributed by atoms with Gasteiger partial charge >= 0.3 is 0 Å². The van der Waals surface area contributed by atoms with E-state index in [9.17, 15) is 18.0 Å². The number of aromatic nitrogens is 3. The van der Waals surface area contributed by atoms with Crippen LogP contribution in [-0.4, -0.2) is 54.6 Å². The number of anilines is 1. The van der Waals surface area contributed by atoms with E-state index >= 15 is 0 Å². The van der Waals surface area contributed by atoms with Crippen molar-refractivity contribution in [2.45, 2.75) is 24.7 Å². The van der Waals surface area contributed by atoms with Crippen LogP contribution in [-0.2, 0) is 27.7 Å². The van der Waals surface area contributed by atoms with E-state index in [0.29, 0.717) is 23.4 Å². The second kappa shape index (κ2) is 10.8. The molecule has 2 aromatic heterocycles. The Morgan fingerprint density at radius 2 is 1.62 bits per heavy atom. The van der Waals surface area contributed by atoms with E-state index in [0.717, 1.165) is 5.56 Å². The van der Waals surface area contributed by atoms with Crippen LogP contribution in [0.25, 0.3) is 5.82 Å². The van der Waals surface area contributed by atoms with E-state index in [2.05, 4.69) is 10.1 Å². The van der Waals surface area contributed by atoms with Crippen LogP contribution in [0.1, 0.15) is 23.7 Å². The first kappa shape index (κ1) is 25.9. The zero-order chi connectivity index (χ0) is 26.6. The van der Waals surface area contributed by atoms with Gasteiger partial charge < -0.3 is 4.90 Å². The van der Waals surface area contributed by atoms with Gasteiger partial charge in [0.15, 0.2) is 5.82 Å². The number of H-pyrrole nitrogens is 1. The van der Waals surface area contributed by atoms with E-state index in [-0.39, 0.29) is 35.1 Å². The summed E-state index contributed by atoms with van der Waals surface area (Å²) in [6, 6.07) is 21.2. The van der Waals surface area contributed by atoms with Gasteiger partial charge in [-0.15, -0.1) is 0 Å². The average Bonchev–Trinajstić information content (AvgIpc) is 3.20. The van der Waals surface area contributed by atoms with E-state index in [1.807, 2.05) is 36.4 Å². The fourth-order valence-electron chi connectivity index (χ4n) is 3.99. The maximum atomic E-state index is 13.4. The zero-order valence-electron chi connectivity index (χ0n) is 21.0. The third-order valence-electron chi connectivity index (χ3n) is 5.99. The first-order valence-corrected chi connectivity index (χ1v) is 13.3. The molecule has 0 bridgehead atoms. The maximum absolute atomic E-state index is 13.4. The largest absolute Gasteiger partial charge is 0.348 e. The molecule has 0 saturated carbocycles. The minimum Gasteiger partial charge on any atom is -0.348 e. The molecule has 0 aliphatic heterocycles. The Morgan fingerprint density at radius 1 is 0.973 bits per heavy atom. The second-order valence-electron chi connectivity index (χ2n) is 8.69. The topological polar surface area (TPSA) is 108 Å². The van der Waals surface area contributed by atoms with E-state index in [1.165, 1.54) is 32.2 Å². The SMILES string of the molecule is CCN(c1ccccc1)S(=O)(=O)c1ccc(-n2[nH]c(CC(=O)N(C)C)c(Cc3ccccc3)c2=O)nc1. The van der Waals surface area contributed by atoms with E-state index in [4.69, 9.17) is 0 Å². The van der Waals surface area contributed by atoms with Crippen molar-refractivity contribution < 1.29 is 13.2 Å². The zero-order valence-corrected chi connectivity index (χ0v) is 21.8. The van der Waals surface area contributed by atoms with Gasteiger partial charge in [0.2, 0.25) is 5.91 Å². The molecule has 37 heavy (non-hydrogen) atoms. The number of carbonyl (C=O) groups is 1. The summed E-state index contributed by atoms with van der Waals surface area (Å²) in [5.74, 6) is 0.0715. The fraction of sp³-hybridized carbons (Fsp3) is 0.222. The van der Waals surface area contributed by atoms with Crippen LogP contribution in [0.4, 0.5) is 5.69 Å². The van der Waals surface area contributed by atoms with Crippen molar-refractivity contribution in [2.75, 3.05) is 24.9 Å². The van der Waals surface area contributed by atoms with Gasteiger partial charge in [-0.3, -0.25) is 19.0 Å². The highest BCUT2D eigenvalue weighted by atomic mass is 32.2. The van der Waals surface area contributed by atoms with Crippen LogP contribution in [0.2, 0.25) is 0 Å². The fourth-order valence-corrected chi connectivity index (χ4v) is 5.41. The number of amides is 1. The number of para-hydroxylation sites is 1. The average molecular weight is 520 g/mol. The van der Waals surface area contributed by atoms with Crippen LogP contribution in [0, 0.1) is 0 Å². The normalized spacial score (nSPS) is 11.3. The lowest BCUT2D eigenvalue weighted by atomic mass is 10.0. The molecule has 4 aromatic rings. The molecule has 0 aliphatic carbocycles. The van der Waals surface area contributed by atoms with Crippen molar-refractivity contribution in [2.24, 2.45) is 0 Å². The van der Waals surface area contributed by atoms with Crippen LogP contribution >= 0.6 is 0 Å². The number of aromatic amines is 1. The number of hydrogen-bond donors (Lipinski definition) is 1. The number of nitrogens with one attached hydrogen (secondary N) is 1. The summed E-state index contributed by atoms with van der Waals surface area (Å²) >= 11 is 0. The molecule has 192 valence electrons. The molecule has 4 rings (SSSR count). The van der Waals surface area contributed by atoms with Gasteiger partial charge in [0.25, 0.3) is 15.6 Å². The van der Waals surface area contributed by atoms with Gasteiger partial charge in [0.05, 0.1) is 17.8 Å². The first-order chi connectivity index (χ1) is 17.7. The molecule has 1 amide bonds. The van der Waals surface area contributed by atoms with Crippen molar-refractivity contribution in [1.29, 1.82) is 0 Å². The number of pyridine rings is 1. The molecular formula is C27H29N5O4S. The predicted octanol–water partition coefficient (Wildman–Crippen LogP) is 3.00. The molecule has 2 heterocycles. The summed E-state index contributed by atoms with van der Waals surface area (Å²) in [5.41, 5.74) is 2.09. The number of likely N-dealkylation sites (N-methyl/N-ethyl adjacent to an activating group) is 1. The molecule has 1 N–H and O–H groups in total. The summed E-state index contributed by atoms with van der Waals surface area (Å²) in [6.07, 6.45) is 1.60. The molecule has 0 atom stereocenters. The van der Waals surface area contributed by atoms with Crippen LogP contribution in [0.3, 0.4) is 0 Å². The second-order valence-corrected chi connectivity index (χ2v) is 10.6. The minimum absolute atomic E-state index is 0.00840. The van der Waals surface area contributed by atoms with Crippen molar-refractivity contribution in [3.8, 4) is 5.82 Å². The Morgan fingerprint density at radius 3 is 2.19 bits per heavy atom. The summed E-state index contributed by atoms with van der Waals surface area (Å²) in [5, 5.41) is 3.02. The molecule has 10 heteroatoms. The van der Waals surface area contributed by atoms with Gasteiger partial charge in [-0.25, -0.2) is 18.1 Å². The molecule has 0 spiro atoms.